The van der Waals surface area contributed by atoms with Gasteiger partial charge in [-0.05, 0) is 30.9 Å². The maximum atomic E-state index is 12.9. The number of hydrogen-bond donors (Lipinski definition) is 1. The molecular formula is C20H28N4O2. The number of rotatable bonds is 6. The molecule has 6 nitrogen and oxygen atoms in total. The van der Waals surface area contributed by atoms with Crippen LogP contribution in [0.5, 0.6) is 0 Å². The maximum absolute atomic E-state index is 12.9. The monoisotopic (exact) mass is 356 g/mol. The first kappa shape index (κ1) is 18.7. The van der Waals surface area contributed by atoms with E-state index in [-0.39, 0.29) is 17.4 Å². The molecule has 0 aromatic carbocycles. The number of methoxy groups -OCH3 is 1. The summed E-state index contributed by atoms with van der Waals surface area (Å²) in [6.07, 6.45) is 4.52. The number of nitriles is 1. The van der Waals surface area contributed by atoms with Crippen LogP contribution in [0.3, 0.4) is 0 Å². The minimum absolute atomic E-state index is 0.106. The quantitative estimate of drug-likeness (QED) is 0.846. The third-order valence-electron chi connectivity index (χ3n) is 5.95. The van der Waals surface area contributed by atoms with Gasteiger partial charge in [0.2, 0.25) is 5.91 Å². The van der Waals surface area contributed by atoms with E-state index in [4.69, 9.17) is 10.00 Å². The molecule has 26 heavy (non-hydrogen) atoms. The predicted octanol–water partition coefficient (Wildman–Crippen LogP) is 2.35. The number of hydrogen-bond acceptors (Lipinski definition) is 5. The molecule has 1 aliphatic carbocycles. The molecule has 1 N–H and O–H groups in total. The SMILES string of the molecule is COCC1(C(=O)N[C@H]2CN(c3ccc(C#N)cn3)C[C@@H]2C(C)C)CCC1. The fourth-order valence-corrected chi connectivity index (χ4v) is 4.12. The second-order valence-corrected chi connectivity index (χ2v) is 7.98. The van der Waals surface area contributed by atoms with Crippen molar-refractivity contribution in [3.63, 3.8) is 0 Å². The number of anilines is 1. The molecular weight excluding hydrogens is 328 g/mol. The van der Waals surface area contributed by atoms with Crippen molar-refractivity contribution < 1.29 is 9.53 Å². The Hall–Kier alpha value is -2.13. The van der Waals surface area contributed by atoms with E-state index in [1.807, 2.05) is 6.07 Å². The summed E-state index contributed by atoms with van der Waals surface area (Å²) in [4.78, 5) is 19.6. The van der Waals surface area contributed by atoms with Crippen LogP contribution in [0.25, 0.3) is 0 Å². The molecule has 2 fully saturated rings. The van der Waals surface area contributed by atoms with E-state index in [0.29, 0.717) is 24.0 Å². The highest BCUT2D eigenvalue weighted by molar-refractivity contribution is 5.84. The molecule has 0 unspecified atom stereocenters. The minimum atomic E-state index is -0.337. The molecule has 1 aromatic heterocycles. The van der Waals surface area contributed by atoms with Crippen molar-refractivity contribution in [3.8, 4) is 6.07 Å². The molecule has 0 radical (unpaired) electrons. The second kappa shape index (κ2) is 7.63. The molecule has 2 aliphatic rings. The Kier molecular flexibility index (Phi) is 5.47. The zero-order chi connectivity index (χ0) is 18.7. The maximum Gasteiger partial charge on any atom is 0.228 e. The minimum Gasteiger partial charge on any atom is -0.384 e. The number of carbonyl (C=O) groups excluding carboxylic acids is 1. The highest BCUT2D eigenvalue weighted by Gasteiger charge is 2.46. The van der Waals surface area contributed by atoms with Crippen molar-refractivity contribution in [1.29, 1.82) is 5.26 Å². The molecule has 1 saturated carbocycles. The van der Waals surface area contributed by atoms with Crippen LogP contribution in [0, 0.1) is 28.6 Å². The highest BCUT2D eigenvalue weighted by Crippen LogP contribution is 2.42. The molecule has 1 aliphatic heterocycles. The molecule has 2 atom stereocenters. The highest BCUT2D eigenvalue weighted by atomic mass is 16.5. The molecule has 3 rings (SSSR count). The van der Waals surface area contributed by atoms with Crippen LogP contribution < -0.4 is 10.2 Å². The van der Waals surface area contributed by atoms with Gasteiger partial charge in [-0.25, -0.2) is 4.98 Å². The molecule has 0 bridgehead atoms. The average molecular weight is 356 g/mol. The summed E-state index contributed by atoms with van der Waals surface area (Å²) in [6, 6.07) is 5.88. The van der Waals surface area contributed by atoms with Crippen LogP contribution in [-0.4, -0.2) is 43.7 Å². The van der Waals surface area contributed by atoms with Crippen molar-refractivity contribution in [2.45, 2.75) is 39.2 Å². The number of nitrogens with zero attached hydrogens (tertiary/aromatic N) is 3. The molecule has 1 aromatic rings. The van der Waals surface area contributed by atoms with Gasteiger partial charge >= 0.3 is 0 Å². The van der Waals surface area contributed by atoms with Gasteiger partial charge in [0.05, 0.1) is 23.6 Å². The van der Waals surface area contributed by atoms with E-state index in [1.165, 1.54) is 0 Å². The lowest BCUT2D eigenvalue weighted by atomic mass is 9.68. The molecule has 1 amide bonds. The van der Waals surface area contributed by atoms with Crippen molar-refractivity contribution in [2.24, 2.45) is 17.3 Å². The standard InChI is InChI=1S/C20H28N4O2/c1-14(2)16-11-24(18-6-5-15(9-21)10-22-18)12-17(16)23-19(25)20(13-26-3)7-4-8-20/h5-6,10,14,16-17H,4,7-8,11-13H2,1-3H3,(H,23,25)/t16-,17+/m1/s1. The van der Waals surface area contributed by atoms with Crippen LogP contribution in [0.2, 0.25) is 0 Å². The Bertz CT molecular complexity index is 676. The largest absolute Gasteiger partial charge is 0.384 e. The summed E-state index contributed by atoms with van der Waals surface area (Å²) in [5.41, 5.74) is 0.223. The van der Waals surface area contributed by atoms with Gasteiger partial charge in [0.1, 0.15) is 11.9 Å². The van der Waals surface area contributed by atoms with Crippen molar-refractivity contribution in [1.82, 2.24) is 10.3 Å². The number of carbonyl (C=O) groups is 1. The molecule has 2 heterocycles. The van der Waals surface area contributed by atoms with Gasteiger partial charge < -0.3 is 15.0 Å². The summed E-state index contributed by atoms with van der Waals surface area (Å²) in [7, 11) is 1.66. The molecule has 1 saturated heterocycles. The van der Waals surface area contributed by atoms with Gasteiger partial charge in [-0.1, -0.05) is 20.3 Å². The number of pyridine rings is 1. The summed E-state index contributed by atoms with van der Waals surface area (Å²) in [5.74, 6) is 1.83. The fourth-order valence-electron chi connectivity index (χ4n) is 4.12. The van der Waals surface area contributed by atoms with Crippen molar-refractivity contribution in [3.05, 3.63) is 23.9 Å². The van der Waals surface area contributed by atoms with Crippen LogP contribution in [0.4, 0.5) is 5.82 Å². The smallest absolute Gasteiger partial charge is 0.228 e. The number of ether oxygens (including phenoxy) is 1. The average Bonchev–Trinajstić information content (AvgIpc) is 3.02. The number of amides is 1. The first-order valence-electron chi connectivity index (χ1n) is 9.40. The lowest BCUT2D eigenvalue weighted by Crippen LogP contribution is -2.53. The van der Waals surface area contributed by atoms with E-state index in [9.17, 15) is 4.79 Å². The van der Waals surface area contributed by atoms with Gasteiger partial charge in [0.15, 0.2) is 0 Å². The second-order valence-electron chi connectivity index (χ2n) is 7.98. The zero-order valence-electron chi connectivity index (χ0n) is 15.9. The van der Waals surface area contributed by atoms with Gasteiger partial charge in [-0.3, -0.25) is 4.79 Å². The molecule has 140 valence electrons. The summed E-state index contributed by atoms with van der Waals surface area (Å²) < 4.78 is 5.31. The fraction of sp³-hybridized carbons (Fsp3) is 0.650. The van der Waals surface area contributed by atoms with Crippen molar-refractivity contribution in [2.75, 3.05) is 31.7 Å². The summed E-state index contributed by atoms with van der Waals surface area (Å²) in [6.45, 7) is 6.51. The Morgan fingerprint density at radius 1 is 1.46 bits per heavy atom. The molecule has 0 spiro atoms. The normalized spacial score (nSPS) is 24.2. The molecule has 6 heteroatoms. The van der Waals surface area contributed by atoms with Crippen LogP contribution >= 0.6 is 0 Å². The first-order chi connectivity index (χ1) is 12.5. The lowest BCUT2D eigenvalue weighted by molar-refractivity contribution is -0.141. The van der Waals surface area contributed by atoms with Crippen LogP contribution in [0.15, 0.2) is 18.3 Å². The van der Waals surface area contributed by atoms with Gasteiger partial charge in [-0.15, -0.1) is 0 Å². The first-order valence-corrected chi connectivity index (χ1v) is 9.40. The van der Waals surface area contributed by atoms with Crippen LogP contribution in [0.1, 0.15) is 38.7 Å². The third kappa shape index (κ3) is 3.54. The van der Waals surface area contributed by atoms with E-state index in [0.717, 1.165) is 38.2 Å². The Balaban J connectivity index is 1.71. The van der Waals surface area contributed by atoms with E-state index < -0.39 is 0 Å². The Morgan fingerprint density at radius 2 is 2.23 bits per heavy atom. The topological polar surface area (TPSA) is 78.2 Å². The van der Waals surface area contributed by atoms with Gasteiger partial charge in [0.25, 0.3) is 0 Å². The summed E-state index contributed by atoms with van der Waals surface area (Å²) >= 11 is 0. The Labute approximate surface area is 155 Å². The Morgan fingerprint density at radius 3 is 2.73 bits per heavy atom. The van der Waals surface area contributed by atoms with E-state index in [2.05, 4.69) is 35.1 Å². The van der Waals surface area contributed by atoms with E-state index in [1.54, 1.807) is 19.4 Å². The number of nitrogens with one attached hydrogen (secondary N) is 1. The third-order valence-corrected chi connectivity index (χ3v) is 5.95. The number of aromatic nitrogens is 1. The van der Waals surface area contributed by atoms with Gasteiger partial charge in [-0.2, -0.15) is 5.26 Å². The van der Waals surface area contributed by atoms with Crippen LogP contribution in [-0.2, 0) is 9.53 Å². The summed E-state index contributed by atoms with van der Waals surface area (Å²) in [5, 5.41) is 12.3. The van der Waals surface area contributed by atoms with Crippen molar-refractivity contribution >= 4 is 11.7 Å². The predicted molar refractivity (Wildman–Crippen MR) is 99.6 cm³/mol. The van der Waals surface area contributed by atoms with E-state index >= 15 is 0 Å². The lowest BCUT2D eigenvalue weighted by Gasteiger charge is -2.40. The zero-order valence-corrected chi connectivity index (χ0v) is 15.9. The van der Waals surface area contributed by atoms with Gasteiger partial charge in [0, 0.05) is 32.3 Å².